The highest BCUT2D eigenvalue weighted by Crippen LogP contribution is 2.45. The average Bonchev–Trinajstić information content (AvgIpc) is 2.09. The van der Waals surface area contributed by atoms with Crippen molar-refractivity contribution in [2.75, 3.05) is 5.73 Å². The summed E-state index contributed by atoms with van der Waals surface area (Å²) in [5, 5.41) is -0.656. The molecule has 0 atom stereocenters. The van der Waals surface area contributed by atoms with Crippen molar-refractivity contribution in [1.82, 2.24) is 0 Å². The Morgan fingerprint density at radius 1 is 1.19 bits per heavy atom. The number of nitrogens with two attached hydrogens (primary N) is 1. The normalized spacial score (nSPS) is 12.2. The minimum Gasteiger partial charge on any atom is -0.397 e. The molecule has 8 heteroatoms. The van der Waals surface area contributed by atoms with Crippen molar-refractivity contribution in [3.05, 3.63) is 27.2 Å². The second kappa shape index (κ2) is 4.69. The summed E-state index contributed by atoms with van der Waals surface area (Å²) in [5.41, 5.74) is 3.47. The molecule has 0 unspecified atom stereocenters. The molecule has 0 fully saturated rings. The van der Waals surface area contributed by atoms with E-state index >= 15 is 0 Å². The molecule has 0 heterocycles. The number of nitrogen functional groups attached to an aromatic ring is 1. The van der Waals surface area contributed by atoms with E-state index in [-0.39, 0.29) is 15.6 Å². The molecule has 1 nitrogen and oxygen atoms in total. The predicted molar refractivity (Wildman–Crippen MR) is 60.3 cm³/mol. The molecule has 0 aliphatic carbocycles. The molecular weight excluding hydrogens is 309 g/mol. The van der Waals surface area contributed by atoms with Gasteiger partial charge >= 0.3 is 6.18 Å². The monoisotopic (exact) mass is 311 g/mol. The standard InChI is InChI=1S/C8H4Cl4F3N/c9-3-1-2(8(13,14)15)6(16)5(10)4(3)7(11)12/h1,7H,16H2. The minimum atomic E-state index is -4.63. The zero-order valence-corrected chi connectivity index (χ0v) is 10.4. The van der Waals surface area contributed by atoms with Gasteiger partial charge in [0.1, 0.15) is 4.84 Å². The van der Waals surface area contributed by atoms with Gasteiger partial charge in [0.15, 0.2) is 0 Å². The van der Waals surface area contributed by atoms with Crippen LogP contribution in [0.3, 0.4) is 0 Å². The third-order valence-electron chi connectivity index (χ3n) is 1.82. The quantitative estimate of drug-likeness (QED) is 0.568. The van der Waals surface area contributed by atoms with E-state index in [9.17, 15) is 13.2 Å². The first-order valence-corrected chi connectivity index (χ1v) is 5.41. The van der Waals surface area contributed by atoms with Crippen LogP contribution in [0, 0.1) is 0 Å². The van der Waals surface area contributed by atoms with E-state index in [4.69, 9.17) is 52.1 Å². The zero-order valence-electron chi connectivity index (χ0n) is 7.38. The lowest BCUT2D eigenvalue weighted by Crippen LogP contribution is -2.10. The smallest absolute Gasteiger partial charge is 0.397 e. The molecule has 0 spiro atoms. The zero-order chi connectivity index (χ0) is 12.7. The largest absolute Gasteiger partial charge is 0.418 e. The molecule has 0 bridgehead atoms. The van der Waals surface area contributed by atoms with Crippen molar-refractivity contribution >= 4 is 52.1 Å². The van der Waals surface area contributed by atoms with Gasteiger partial charge in [-0.05, 0) is 6.07 Å². The highest BCUT2D eigenvalue weighted by Gasteiger charge is 2.35. The summed E-state index contributed by atoms with van der Waals surface area (Å²) in [4.78, 5) is -1.15. The maximum absolute atomic E-state index is 12.5. The number of hydrogen-bond donors (Lipinski definition) is 1. The van der Waals surface area contributed by atoms with Gasteiger partial charge in [0.05, 0.1) is 16.3 Å². The van der Waals surface area contributed by atoms with Gasteiger partial charge in [-0.2, -0.15) is 13.2 Å². The Kier molecular flexibility index (Phi) is 4.11. The van der Waals surface area contributed by atoms with Crippen LogP contribution in [-0.4, -0.2) is 0 Å². The summed E-state index contributed by atoms with van der Waals surface area (Å²) in [5.74, 6) is 0. The van der Waals surface area contributed by atoms with Crippen LogP contribution in [0.4, 0.5) is 18.9 Å². The van der Waals surface area contributed by atoms with Crippen molar-refractivity contribution < 1.29 is 13.2 Å². The van der Waals surface area contributed by atoms with E-state index in [0.29, 0.717) is 6.07 Å². The number of benzene rings is 1. The lowest BCUT2D eigenvalue weighted by atomic mass is 10.1. The molecule has 0 radical (unpaired) electrons. The topological polar surface area (TPSA) is 26.0 Å². The number of anilines is 1. The van der Waals surface area contributed by atoms with Crippen LogP contribution < -0.4 is 5.73 Å². The predicted octanol–water partition coefficient (Wildman–Crippen LogP) is 5.07. The van der Waals surface area contributed by atoms with Gasteiger partial charge in [0, 0.05) is 10.6 Å². The van der Waals surface area contributed by atoms with Gasteiger partial charge in [-0.25, -0.2) is 0 Å². The van der Waals surface area contributed by atoms with E-state index < -0.39 is 22.3 Å². The highest BCUT2D eigenvalue weighted by atomic mass is 35.5. The number of rotatable bonds is 1. The average molecular weight is 313 g/mol. The maximum atomic E-state index is 12.5. The van der Waals surface area contributed by atoms with Crippen molar-refractivity contribution in [3.8, 4) is 0 Å². The Bertz CT molecular complexity index is 417. The molecule has 2 N–H and O–H groups in total. The molecule has 16 heavy (non-hydrogen) atoms. The van der Waals surface area contributed by atoms with E-state index in [1.807, 2.05) is 0 Å². The summed E-state index contributed by atoms with van der Waals surface area (Å²) in [6.07, 6.45) is -4.63. The molecule has 0 aliphatic rings. The highest BCUT2D eigenvalue weighted by molar-refractivity contribution is 6.48. The van der Waals surface area contributed by atoms with Crippen molar-refractivity contribution in [2.24, 2.45) is 0 Å². The van der Waals surface area contributed by atoms with Crippen molar-refractivity contribution in [3.63, 3.8) is 0 Å². The molecule has 1 aromatic rings. The Morgan fingerprint density at radius 2 is 1.69 bits per heavy atom. The Hall–Kier alpha value is -0.0300. The van der Waals surface area contributed by atoms with E-state index in [0.717, 1.165) is 0 Å². The van der Waals surface area contributed by atoms with Gasteiger partial charge in [-0.1, -0.05) is 46.4 Å². The first-order chi connectivity index (χ1) is 7.16. The van der Waals surface area contributed by atoms with Crippen LogP contribution >= 0.6 is 46.4 Å². The van der Waals surface area contributed by atoms with E-state index in [1.165, 1.54) is 0 Å². The lowest BCUT2D eigenvalue weighted by Gasteiger charge is -2.16. The Balaban J connectivity index is 3.52. The molecular formula is C8H4Cl4F3N. The summed E-state index contributed by atoms with van der Waals surface area (Å²) in [6.45, 7) is 0. The van der Waals surface area contributed by atoms with Crippen LogP contribution in [-0.2, 0) is 6.18 Å². The summed E-state index contributed by atoms with van der Waals surface area (Å²) in [7, 11) is 0. The van der Waals surface area contributed by atoms with Crippen LogP contribution in [0.25, 0.3) is 0 Å². The lowest BCUT2D eigenvalue weighted by molar-refractivity contribution is -0.136. The third kappa shape index (κ3) is 2.62. The maximum Gasteiger partial charge on any atom is 0.418 e. The molecule has 0 aromatic heterocycles. The Labute approximate surface area is 109 Å². The molecule has 0 saturated heterocycles. The van der Waals surface area contributed by atoms with Gasteiger partial charge in [-0.15, -0.1) is 0 Å². The second-order valence-electron chi connectivity index (χ2n) is 2.85. The summed E-state index contributed by atoms with van der Waals surface area (Å²) < 4.78 is 37.4. The molecule has 0 amide bonds. The van der Waals surface area contributed by atoms with E-state index in [1.54, 1.807) is 0 Å². The molecule has 1 aromatic carbocycles. The fourth-order valence-corrected chi connectivity index (χ4v) is 2.44. The van der Waals surface area contributed by atoms with Gasteiger partial charge in [-0.3, -0.25) is 0 Å². The number of hydrogen-bond acceptors (Lipinski definition) is 1. The first-order valence-electron chi connectivity index (χ1n) is 3.79. The van der Waals surface area contributed by atoms with Crippen LogP contribution in [0.5, 0.6) is 0 Å². The van der Waals surface area contributed by atoms with Gasteiger partial charge in [0.2, 0.25) is 0 Å². The van der Waals surface area contributed by atoms with Crippen molar-refractivity contribution in [2.45, 2.75) is 11.0 Å². The van der Waals surface area contributed by atoms with Crippen LogP contribution in [0.2, 0.25) is 10.0 Å². The fraction of sp³-hybridized carbons (Fsp3) is 0.250. The molecule has 1 rings (SSSR count). The molecule has 90 valence electrons. The van der Waals surface area contributed by atoms with Crippen LogP contribution in [0.1, 0.15) is 16.0 Å². The SMILES string of the molecule is Nc1c(C(F)(F)F)cc(Cl)c(C(Cl)Cl)c1Cl. The van der Waals surface area contributed by atoms with Crippen LogP contribution in [0.15, 0.2) is 6.07 Å². The second-order valence-corrected chi connectivity index (χ2v) is 4.73. The van der Waals surface area contributed by atoms with Gasteiger partial charge in [0.25, 0.3) is 0 Å². The minimum absolute atomic E-state index is 0.0304. The summed E-state index contributed by atoms with van der Waals surface area (Å²) in [6, 6.07) is 0.649. The number of alkyl halides is 5. The Morgan fingerprint density at radius 3 is 2.06 bits per heavy atom. The fourth-order valence-electron chi connectivity index (χ4n) is 1.08. The van der Waals surface area contributed by atoms with Crippen molar-refractivity contribution in [1.29, 1.82) is 0 Å². The third-order valence-corrected chi connectivity index (χ3v) is 2.97. The first kappa shape index (κ1) is 14.0. The molecule has 0 saturated carbocycles. The van der Waals surface area contributed by atoms with Gasteiger partial charge < -0.3 is 5.73 Å². The molecule has 0 aliphatic heterocycles. The number of halogens is 7. The van der Waals surface area contributed by atoms with E-state index in [2.05, 4.69) is 0 Å². The summed E-state index contributed by atoms with van der Waals surface area (Å²) >= 11 is 22.2.